The standard InChI is InChI=1S/C15H22BNO3/c1-14(2,3)20-13(18)17-15(4,5)10-19-12-8-6-11(16)7-9-12/h6-9H,10H2,1-5H3,(H,17,18). The quantitative estimate of drug-likeness (QED) is 0.857. The van der Waals surface area contributed by atoms with Crippen LogP contribution in [0.4, 0.5) is 4.79 Å². The molecule has 1 N–H and O–H groups in total. The number of nitrogens with one attached hydrogen (secondary N) is 1. The maximum Gasteiger partial charge on any atom is 0.408 e. The smallest absolute Gasteiger partial charge is 0.408 e. The van der Waals surface area contributed by atoms with E-state index in [2.05, 4.69) is 5.32 Å². The number of benzene rings is 1. The molecule has 1 aromatic rings. The van der Waals surface area contributed by atoms with Gasteiger partial charge >= 0.3 is 6.09 Å². The van der Waals surface area contributed by atoms with E-state index in [9.17, 15) is 4.79 Å². The fourth-order valence-electron chi connectivity index (χ4n) is 1.44. The molecule has 2 radical (unpaired) electrons. The summed E-state index contributed by atoms with van der Waals surface area (Å²) < 4.78 is 10.9. The lowest BCUT2D eigenvalue weighted by atomic mass is 9.97. The van der Waals surface area contributed by atoms with Gasteiger partial charge in [-0.15, -0.1) is 0 Å². The summed E-state index contributed by atoms with van der Waals surface area (Å²) in [5.74, 6) is 0.707. The minimum absolute atomic E-state index is 0.330. The molecule has 1 rings (SSSR count). The minimum Gasteiger partial charge on any atom is -0.491 e. The predicted molar refractivity (Wildman–Crippen MR) is 80.8 cm³/mol. The van der Waals surface area contributed by atoms with E-state index in [1.807, 2.05) is 34.6 Å². The molecular weight excluding hydrogens is 253 g/mol. The van der Waals surface area contributed by atoms with Gasteiger partial charge in [-0.3, -0.25) is 0 Å². The van der Waals surface area contributed by atoms with E-state index in [0.717, 1.165) is 0 Å². The highest BCUT2D eigenvalue weighted by atomic mass is 16.6. The van der Waals surface area contributed by atoms with Crippen LogP contribution < -0.4 is 15.5 Å². The summed E-state index contributed by atoms with van der Waals surface area (Å²) in [7, 11) is 5.60. The Morgan fingerprint density at radius 2 is 1.70 bits per heavy atom. The van der Waals surface area contributed by atoms with E-state index < -0.39 is 17.2 Å². The Morgan fingerprint density at radius 1 is 1.15 bits per heavy atom. The van der Waals surface area contributed by atoms with Crippen molar-refractivity contribution >= 4 is 19.4 Å². The molecule has 4 nitrogen and oxygen atoms in total. The largest absolute Gasteiger partial charge is 0.491 e. The van der Waals surface area contributed by atoms with Crippen LogP contribution in [-0.4, -0.2) is 31.7 Å². The van der Waals surface area contributed by atoms with Gasteiger partial charge in [0.1, 0.15) is 25.8 Å². The number of rotatable bonds is 4. The zero-order valence-electron chi connectivity index (χ0n) is 12.8. The Balaban J connectivity index is 2.48. The monoisotopic (exact) mass is 275 g/mol. The lowest BCUT2D eigenvalue weighted by molar-refractivity contribution is 0.0441. The first-order chi connectivity index (χ1) is 9.07. The lowest BCUT2D eigenvalue weighted by Gasteiger charge is -2.28. The van der Waals surface area contributed by atoms with Crippen molar-refractivity contribution in [3.8, 4) is 5.75 Å². The Labute approximate surface area is 122 Å². The first-order valence-corrected chi connectivity index (χ1v) is 6.57. The van der Waals surface area contributed by atoms with Crippen LogP contribution >= 0.6 is 0 Å². The lowest BCUT2D eigenvalue weighted by Crippen LogP contribution is -2.49. The van der Waals surface area contributed by atoms with Crippen LogP contribution in [0.2, 0.25) is 0 Å². The topological polar surface area (TPSA) is 47.6 Å². The van der Waals surface area contributed by atoms with E-state index >= 15 is 0 Å². The molecule has 1 amide bonds. The number of alkyl carbamates (subject to hydrolysis) is 1. The van der Waals surface area contributed by atoms with E-state index in [4.69, 9.17) is 17.3 Å². The summed E-state index contributed by atoms with van der Waals surface area (Å²) in [6.45, 7) is 9.54. The summed E-state index contributed by atoms with van der Waals surface area (Å²) in [4.78, 5) is 11.7. The molecule has 0 saturated carbocycles. The van der Waals surface area contributed by atoms with Crippen molar-refractivity contribution < 1.29 is 14.3 Å². The average molecular weight is 275 g/mol. The number of ether oxygens (including phenoxy) is 2. The van der Waals surface area contributed by atoms with Crippen molar-refractivity contribution in [2.24, 2.45) is 0 Å². The van der Waals surface area contributed by atoms with E-state index in [-0.39, 0.29) is 0 Å². The molecule has 0 saturated heterocycles. The molecule has 0 bridgehead atoms. The van der Waals surface area contributed by atoms with Gasteiger partial charge in [-0.1, -0.05) is 17.6 Å². The summed E-state index contributed by atoms with van der Waals surface area (Å²) in [5.41, 5.74) is -0.370. The molecule has 0 spiro atoms. The second-order valence-electron chi connectivity index (χ2n) is 6.37. The summed E-state index contributed by atoms with van der Waals surface area (Å²) in [6.07, 6.45) is -0.455. The Kier molecular flexibility index (Phi) is 5.09. The minimum atomic E-state index is -0.538. The van der Waals surface area contributed by atoms with Gasteiger partial charge in [-0.05, 0) is 46.8 Å². The molecule has 5 heteroatoms. The van der Waals surface area contributed by atoms with Crippen LogP contribution in [0, 0.1) is 0 Å². The maximum absolute atomic E-state index is 11.7. The van der Waals surface area contributed by atoms with Crippen molar-refractivity contribution in [3.63, 3.8) is 0 Å². The van der Waals surface area contributed by atoms with Crippen molar-refractivity contribution in [3.05, 3.63) is 24.3 Å². The van der Waals surface area contributed by atoms with Crippen LogP contribution in [0.5, 0.6) is 5.75 Å². The first-order valence-electron chi connectivity index (χ1n) is 6.57. The fraction of sp³-hybridized carbons (Fsp3) is 0.533. The average Bonchev–Trinajstić information content (AvgIpc) is 2.24. The van der Waals surface area contributed by atoms with E-state index in [0.29, 0.717) is 17.8 Å². The third kappa shape index (κ3) is 6.50. The molecule has 0 aliphatic rings. The van der Waals surface area contributed by atoms with Gasteiger partial charge in [0, 0.05) is 0 Å². The van der Waals surface area contributed by atoms with Crippen molar-refractivity contribution in [1.82, 2.24) is 5.32 Å². The molecule has 108 valence electrons. The van der Waals surface area contributed by atoms with Crippen LogP contribution in [0.3, 0.4) is 0 Å². The Morgan fingerprint density at radius 3 is 2.20 bits per heavy atom. The van der Waals surface area contributed by atoms with Crippen molar-refractivity contribution in [2.75, 3.05) is 6.61 Å². The highest BCUT2D eigenvalue weighted by Gasteiger charge is 2.25. The third-order valence-electron chi connectivity index (χ3n) is 2.32. The highest BCUT2D eigenvalue weighted by molar-refractivity contribution is 6.32. The summed E-state index contributed by atoms with van der Waals surface area (Å²) in [5, 5.41) is 2.78. The molecule has 0 aliphatic heterocycles. The molecule has 0 heterocycles. The highest BCUT2D eigenvalue weighted by Crippen LogP contribution is 2.13. The first kappa shape index (κ1) is 16.4. The van der Waals surface area contributed by atoms with Gasteiger partial charge in [-0.25, -0.2) is 4.79 Å². The molecule has 20 heavy (non-hydrogen) atoms. The van der Waals surface area contributed by atoms with Crippen LogP contribution in [0.15, 0.2) is 24.3 Å². The van der Waals surface area contributed by atoms with Crippen LogP contribution in [-0.2, 0) is 4.74 Å². The van der Waals surface area contributed by atoms with Crippen molar-refractivity contribution in [2.45, 2.75) is 45.8 Å². The van der Waals surface area contributed by atoms with Crippen molar-refractivity contribution in [1.29, 1.82) is 0 Å². The predicted octanol–water partition coefficient (Wildman–Crippen LogP) is 2.16. The molecular formula is C15H22BNO3. The maximum atomic E-state index is 11.7. The van der Waals surface area contributed by atoms with Gasteiger partial charge in [0.05, 0.1) is 5.54 Å². The second-order valence-corrected chi connectivity index (χ2v) is 6.37. The molecule has 0 fully saturated rings. The molecule has 0 atom stereocenters. The van der Waals surface area contributed by atoms with Crippen LogP contribution in [0.25, 0.3) is 0 Å². The number of carbonyl (C=O) groups excluding carboxylic acids is 1. The number of amides is 1. The SMILES string of the molecule is [B]c1ccc(OCC(C)(C)NC(=O)OC(C)(C)C)cc1. The second kappa shape index (κ2) is 6.20. The zero-order valence-corrected chi connectivity index (χ0v) is 12.8. The normalized spacial score (nSPS) is 11.8. The molecule has 1 aromatic carbocycles. The Bertz CT molecular complexity index is 449. The van der Waals surface area contributed by atoms with Gasteiger partial charge in [0.15, 0.2) is 0 Å². The van der Waals surface area contributed by atoms with Gasteiger partial charge < -0.3 is 14.8 Å². The van der Waals surface area contributed by atoms with Crippen LogP contribution in [0.1, 0.15) is 34.6 Å². The summed E-state index contributed by atoms with van der Waals surface area (Å²) >= 11 is 0. The zero-order chi connectivity index (χ0) is 15.4. The fourth-order valence-corrected chi connectivity index (χ4v) is 1.44. The van der Waals surface area contributed by atoms with E-state index in [1.54, 1.807) is 24.3 Å². The molecule has 0 aromatic heterocycles. The molecule has 0 aliphatic carbocycles. The summed E-state index contributed by atoms with van der Waals surface area (Å²) in [6, 6.07) is 7.12. The third-order valence-corrected chi connectivity index (χ3v) is 2.32. The van der Waals surface area contributed by atoms with Gasteiger partial charge in [0.25, 0.3) is 0 Å². The number of hydrogen-bond donors (Lipinski definition) is 1. The van der Waals surface area contributed by atoms with Gasteiger partial charge in [0.2, 0.25) is 0 Å². The number of carbonyl (C=O) groups is 1. The van der Waals surface area contributed by atoms with E-state index in [1.165, 1.54) is 0 Å². The Hall–Kier alpha value is -1.65. The van der Waals surface area contributed by atoms with Gasteiger partial charge in [-0.2, -0.15) is 0 Å². The number of hydrogen-bond acceptors (Lipinski definition) is 3. The molecule has 0 unspecified atom stereocenters.